The molecule has 0 saturated heterocycles. The first-order valence-electron chi connectivity index (χ1n) is 7.47. The quantitative estimate of drug-likeness (QED) is 0.923. The van der Waals surface area contributed by atoms with Crippen LogP contribution in [-0.4, -0.2) is 21.5 Å². The van der Waals surface area contributed by atoms with Gasteiger partial charge in [0.25, 0.3) is 0 Å². The summed E-state index contributed by atoms with van der Waals surface area (Å²) >= 11 is 0. The van der Waals surface area contributed by atoms with Crippen LogP contribution < -0.4 is 5.32 Å². The van der Waals surface area contributed by atoms with Crippen molar-refractivity contribution in [1.29, 1.82) is 0 Å². The molecule has 0 aliphatic heterocycles. The summed E-state index contributed by atoms with van der Waals surface area (Å²) in [5.41, 5.74) is 2.97. The Kier molecular flexibility index (Phi) is 4.56. The third-order valence-corrected chi connectivity index (χ3v) is 3.29. The smallest absolute Gasteiger partial charge is 0.136 e. The lowest BCUT2D eigenvalue weighted by atomic mass is 9.95. The minimum atomic E-state index is -0.0900. The van der Waals surface area contributed by atoms with Crippen LogP contribution in [0.25, 0.3) is 11.3 Å². The van der Waals surface area contributed by atoms with E-state index in [4.69, 9.17) is 9.97 Å². The molecule has 0 amide bonds. The first kappa shape index (κ1) is 15.4. The molecule has 0 aliphatic carbocycles. The minimum absolute atomic E-state index is 0.0900. The molecule has 112 valence electrons. The average molecular weight is 284 g/mol. The van der Waals surface area contributed by atoms with Gasteiger partial charge in [0.1, 0.15) is 11.6 Å². The van der Waals surface area contributed by atoms with E-state index in [-0.39, 0.29) is 5.41 Å². The fourth-order valence-corrected chi connectivity index (χ4v) is 2.05. The lowest BCUT2D eigenvalue weighted by molar-refractivity contribution is 0.546. The molecule has 0 saturated carbocycles. The van der Waals surface area contributed by atoms with Crippen LogP contribution >= 0.6 is 0 Å². The molecule has 4 nitrogen and oxygen atoms in total. The van der Waals surface area contributed by atoms with Crippen LogP contribution in [0, 0.1) is 6.92 Å². The van der Waals surface area contributed by atoms with E-state index in [1.165, 1.54) is 0 Å². The highest BCUT2D eigenvalue weighted by atomic mass is 15.0. The van der Waals surface area contributed by atoms with Crippen LogP contribution in [0.4, 0.5) is 5.82 Å². The molecule has 0 fully saturated rings. The maximum atomic E-state index is 4.79. The van der Waals surface area contributed by atoms with Gasteiger partial charge in [0.05, 0.1) is 5.69 Å². The van der Waals surface area contributed by atoms with E-state index in [0.29, 0.717) is 0 Å². The fraction of sp³-hybridized carbons (Fsp3) is 0.471. The van der Waals surface area contributed by atoms with E-state index < -0.39 is 0 Å². The lowest BCUT2D eigenvalue weighted by Gasteiger charge is -2.21. The standard InChI is InChI=1S/C17H24N4/c1-6-9-19-15-12(2)14(13-8-7-10-18-11-13)20-16(21-15)17(3,4)5/h7-8,10-11H,6,9H2,1-5H3,(H,19,20,21). The van der Waals surface area contributed by atoms with Crippen molar-refractivity contribution in [3.8, 4) is 11.3 Å². The maximum absolute atomic E-state index is 4.79. The number of hydrogen-bond donors (Lipinski definition) is 1. The first-order valence-corrected chi connectivity index (χ1v) is 7.47. The van der Waals surface area contributed by atoms with Crippen molar-refractivity contribution in [2.75, 3.05) is 11.9 Å². The molecular formula is C17H24N4. The number of anilines is 1. The molecule has 1 N–H and O–H groups in total. The third kappa shape index (κ3) is 3.57. The van der Waals surface area contributed by atoms with Gasteiger partial charge in [-0.1, -0.05) is 27.7 Å². The highest BCUT2D eigenvalue weighted by Crippen LogP contribution is 2.29. The van der Waals surface area contributed by atoms with Gasteiger partial charge in [0.15, 0.2) is 0 Å². The number of pyridine rings is 1. The van der Waals surface area contributed by atoms with Gasteiger partial charge in [-0.05, 0) is 25.5 Å². The van der Waals surface area contributed by atoms with Crippen molar-refractivity contribution in [3.63, 3.8) is 0 Å². The Balaban J connectivity index is 2.58. The van der Waals surface area contributed by atoms with Gasteiger partial charge in [-0.15, -0.1) is 0 Å². The van der Waals surface area contributed by atoms with Gasteiger partial charge < -0.3 is 5.32 Å². The van der Waals surface area contributed by atoms with Crippen molar-refractivity contribution in [3.05, 3.63) is 35.9 Å². The van der Waals surface area contributed by atoms with Crippen LogP contribution in [0.1, 0.15) is 45.5 Å². The van der Waals surface area contributed by atoms with Crippen LogP contribution in [0.15, 0.2) is 24.5 Å². The summed E-state index contributed by atoms with van der Waals surface area (Å²) in [4.78, 5) is 13.7. The molecule has 2 rings (SSSR count). The second-order valence-corrected chi connectivity index (χ2v) is 6.29. The van der Waals surface area contributed by atoms with Crippen LogP contribution in [0.3, 0.4) is 0 Å². The van der Waals surface area contributed by atoms with Gasteiger partial charge in [-0.25, -0.2) is 9.97 Å². The Morgan fingerprint density at radius 1 is 1.19 bits per heavy atom. The molecule has 2 aromatic rings. The molecule has 0 aliphatic rings. The van der Waals surface area contributed by atoms with E-state index in [1.54, 1.807) is 6.20 Å². The van der Waals surface area contributed by atoms with Crippen molar-refractivity contribution in [2.45, 2.75) is 46.5 Å². The summed E-state index contributed by atoms with van der Waals surface area (Å²) < 4.78 is 0. The summed E-state index contributed by atoms with van der Waals surface area (Å²) in [6, 6.07) is 3.98. The third-order valence-electron chi connectivity index (χ3n) is 3.29. The van der Waals surface area contributed by atoms with Crippen molar-refractivity contribution in [1.82, 2.24) is 15.0 Å². The second kappa shape index (κ2) is 6.20. The molecular weight excluding hydrogens is 260 g/mol. The van der Waals surface area contributed by atoms with Gasteiger partial charge in [0.2, 0.25) is 0 Å². The SMILES string of the molecule is CCCNc1nc(C(C)(C)C)nc(-c2cccnc2)c1C. The van der Waals surface area contributed by atoms with Crippen LogP contribution in [0.2, 0.25) is 0 Å². The van der Waals surface area contributed by atoms with Gasteiger partial charge in [-0.2, -0.15) is 0 Å². The Morgan fingerprint density at radius 3 is 2.52 bits per heavy atom. The van der Waals surface area contributed by atoms with Crippen LogP contribution in [-0.2, 0) is 5.41 Å². The molecule has 0 spiro atoms. The van der Waals surface area contributed by atoms with Gasteiger partial charge in [-0.3, -0.25) is 4.98 Å². The molecule has 0 radical (unpaired) electrons. The minimum Gasteiger partial charge on any atom is -0.370 e. The normalized spacial score (nSPS) is 11.5. The Bertz CT molecular complexity index is 600. The van der Waals surface area contributed by atoms with E-state index in [0.717, 1.165) is 41.4 Å². The highest BCUT2D eigenvalue weighted by Gasteiger charge is 2.21. The molecule has 4 heteroatoms. The molecule has 0 atom stereocenters. The zero-order chi connectivity index (χ0) is 15.5. The van der Waals surface area contributed by atoms with E-state index in [9.17, 15) is 0 Å². The summed E-state index contributed by atoms with van der Waals surface area (Å²) in [6.45, 7) is 11.5. The summed E-state index contributed by atoms with van der Waals surface area (Å²) in [7, 11) is 0. The highest BCUT2D eigenvalue weighted by molar-refractivity contribution is 5.67. The molecule has 21 heavy (non-hydrogen) atoms. The van der Waals surface area contributed by atoms with Crippen molar-refractivity contribution < 1.29 is 0 Å². The zero-order valence-electron chi connectivity index (χ0n) is 13.6. The van der Waals surface area contributed by atoms with Gasteiger partial charge >= 0.3 is 0 Å². The lowest BCUT2D eigenvalue weighted by Crippen LogP contribution is -2.19. The fourth-order valence-electron chi connectivity index (χ4n) is 2.05. The molecule has 0 aromatic carbocycles. The van der Waals surface area contributed by atoms with E-state index in [2.05, 4.69) is 44.9 Å². The van der Waals surface area contributed by atoms with Gasteiger partial charge in [0, 0.05) is 35.5 Å². The predicted molar refractivity (Wildman–Crippen MR) is 87.5 cm³/mol. The number of nitrogens with one attached hydrogen (secondary N) is 1. The monoisotopic (exact) mass is 284 g/mol. The van der Waals surface area contributed by atoms with E-state index >= 15 is 0 Å². The Morgan fingerprint density at radius 2 is 1.95 bits per heavy atom. The first-order chi connectivity index (χ1) is 9.93. The van der Waals surface area contributed by atoms with Crippen molar-refractivity contribution in [2.24, 2.45) is 0 Å². The Hall–Kier alpha value is -1.97. The van der Waals surface area contributed by atoms with Crippen LogP contribution in [0.5, 0.6) is 0 Å². The Labute approximate surface area is 127 Å². The second-order valence-electron chi connectivity index (χ2n) is 6.29. The number of rotatable bonds is 4. The largest absolute Gasteiger partial charge is 0.370 e. The molecule has 0 bridgehead atoms. The predicted octanol–water partition coefficient (Wildman–Crippen LogP) is 3.97. The number of hydrogen-bond acceptors (Lipinski definition) is 4. The average Bonchev–Trinajstić information content (AvgIpc) is 2.46. The topological polar surface area (TPSA) is 50.7 Å². The maximum Gasteiger partial charge on any atom is 0.136 e. The van der Waals surface area contributed by atoms with Crippen molar-refractivity contribution >= 4 is 5.82 Å². The molecule has 0 unspecified atom stereocenters. The number of aromatic nitrogens is 3. The molecule has 2 aromatic heterocycles. The summed E-state index contributed by atoms with van der Waals surface area (Å²) in [5.74, 6) is 1.78. The zero-order valence-corrected chi connectivity index (χ0v) is 13.6. The summed E-state index contributed by atoms with van der Waals surface area (Å²) in [5, 5.41) is 3.41. The number of nitrogens with zero attached hydrogens (tertiary/aromatic N) is 3. The molecule has 2 heterocycles. The van der Waals surface area contributed by atoms with E-state index in [1.807, 2.05) is 18.3 Å². The summed E-state index contributed by atoms with van der Waals surface area (Å²) in [6.07, 6.45) is 4.70.